The van der Waals surface area contributed by atoms with Crippen molar-refractivity contribution in [3.8, 4) is 6.07 Å². The largest absolute Gasteiger partial charge is 0.327 e. The highest BCUT2D eigenvalue weighted by molar-refractivity contribution is 4.92. The number of hydrogen-bond acceptors (Lipinski definition) is 2. The summed E-state index contributed by atoms with van der Waals surface area (Å²) in [5.74, 6) is 0.400. The summed E-state index contributed by atoms with van der Waals surface area (Å²) in [4.78, 5) is 0. The van der Waals surface area contributed by atoms with Crippen LogP contribution >= 0.6 is 0 Å². The molecule has 11 heavy (non-hydrogen) atoms. The van der Waals surface area contributed by atoms with Gasteiger partial charge in [-0.3, -0.25) is 0 Å². The molecule has 0 aliphatic rings. The number of nitrogens with zero attached hydrogens (tertiary/aromatic N) is 1. The van der Waals surface area contributed by atoms with Crippen LogP contribution in [-0.4, -0.2) is 6.04 Å². The van der Waals surface area contributed by atoms with Crippen molar-refractivity contribution in [1.82, 2.24) is 0 Å². The fourth-order valence-corrected chi connectivity index (χ4v) is 1.25. The number of hydrogen-bond donors (Lipinski definition) is 1. The van der Waals surface area contributed by atoms with Crippen molar-refractivity contribution >= 4 is 0 Å². The zero-order valence-corrected chi connectivity index (χ0v) is 7.67. The minimum absolute atomic E-state index is 0.0231. The van der Waals surface area contributed by atoms with Gasteiger partial charge in [-0.1, -0.05) is 27.2 Å². The van der Waals surface area contributed by atoms with Crippen LogP contribution in [0.25, 0.3) is 0 Å². The van der Waals surface area contributed by atoms with Gasteiger partial charge in [0.05, 0.1) is 12.0 Å². The van der Waals surface area contributed by atoms with E-state index in [1.54, 1.807) is 0 Å². The Morgan fingerprint density at radius 3 is 2.27 bits per heavy atom. The summed E-state index contributed by atoms with van der Waals surface area (Å²) in [6.45, 7) is 6.18. The van der Waals surface area contributed by atoms with Crippen LogP contribution < -0.4 is 5.73 Å². The topological polar surface area (TPSA) is 49.8 Å². The van der Waals surface area contributed by atoms with Gasteiger partial charge in [0.15, 0.2) is 0 Å². The molecule has 0 spiro atoms. The fourth-order valence-electron chi connectivity index (χ4n) is 1.25. The Balaban J connectivity index is 3.94. The molecule has 0 aromatic rings. The zero-order valence-electron chi connectivity index (χ0n) is 7.67. The molecule has 0 aliphatic heterocycles. The summed E-state index contributed by atoms with van der Waals surface area (Å²) in [6, 6.07) is 2.32. The van der Waals surface area contributed by atoms with Gasteiger partial charge in [-0.2, -0.15) is 5.26 Å². The number of rotatable bonds is 4. The number of nitrogens with two attached hydrogens (primary N) is 1. The molecule has 0 saturated heterocycles. The summed E-state index contributed by atoms with van der Waals surface area (Å²) >= 11 is 0. The maximum Gasteiger partial charge on any atom is 0.0674 e. The molecule has 0 aliphatic carbocycles. The lowest BCUT2D eigenvalue weighted by Crippen LogP contribution is -2.32. The first-order chi connectivity index (χ1) is 5.13. The highest BCUT2D eigenvalue weighted by atomic mass is 14.6. The van der Waals surface area contributed by atoms with Gasteiger partial charge in [0.25, 0.3) is 0 Å². The Morgan fingerprint density at radius 2 is 2.00 bits per heavy atom. The van der Waals surface area contributed by atoms with Gasteiger partial charge in [0.1, 0.15) is 0 Å². The lowest BCUT2D eigenvalue weighted by Gasteiger charge is -2.19. The van der Waals surface area contributed by atoms with Crippen molar-refractivity contribution in [2.45, 2.75) is 39.7 Å². The van der Waals surface area contributed by atoms with Crippen molar-refractivity contribution < 1.29 is 0 Å². The average Bonchev–Trinajstić information content (AvgIpc) is 1.88. The first-order valence-corrected chi connectivity index (χ1v) is 4.28. The standard InChI is InChI=1S/C9H18N2/c1-4-5-9(11)8(6-10)7(2)3/h7-9H,4-5,11H2,1-3H3. The highest BCUT2D eigenvalue weighted by Crippen LogP contribution is 2.15. The molecule has 2 N–H and O–H groups in total. The van der Waals surface area contributed by atoms with E-state index in [0.29, 0.717) is 5.92 Å². The van der Waals surface area contributed by atoms with Crippen LogP contribution in [0.4, 0.5) is 0 Å². The predicted molar refractivity (Wildman–Crippen MR) is 46.8 cm³/mol. The highest BCUT2D eigenvalue weighted by Gasteiger charge is 2.19. The minimum Gasteiger partial charge on any atom is -0.327 e. The van der Waals surface area contributed by atoms with Gasteiger partial charge in [0.2, 0.25) is 0 Å². The molecule has 0 amide bonds. The van der Waals surface area contributed by atoms with E-state index in [9.17, 15) is 0 Å². The molecule has 0 aromatic heterocycles. The first-order valence-electron chi connectivity index (χ1n) is 4.28. The van der Waals surface area contributed by atoms with Gasteiger partial charge in [-0.05, 0) is 12.3 Å². The molecule has 0 bridgehead atoms. The third-order valence-electron chi connectivity index (χ3n) is 1.95. The van der Waals surface area contributed by atoms with Crippen LogP contribution in [-0.2, 0) is 0 Å². The molecule has 64 valence electrons. The second-order valence-corrected chi connectivity index (χ2v) is 3.35. The SMILES string of the molecule is CCCC(N)C(C#N)C(C)C. The molecule has 0 heterocycles. The van der Waals surface area contributed by atoms with E-state index in [-0.39, 0.29) is 12.0 Å². The van der Waals surface area contributed by atoms with Gasteiger partial charge in [-0.25, -0.2) is 0 Å². The quantitative estimate of drug-likeness (QED) is 0.672. The van der Waals surface area contributed by atoms with Crippen molar-refractivity contribution in [2.75, 3.05) is 0 Å². The van der Waals surface area contributed by atoms with Crippen LogP contribution in [0.1, 0.15) is 33.6 Å². The van der Waals surface area contributed by atoms with E-state index in [4.69, 9.17) is 11.0 Å². The Bertz CT molecular complexity index is 135. The molecule has 2 unspecified atom stereocenters. The second kappa shape index (κ2) is 5.15. The third-order valence-corrected chi connectivity index (χ3v) is 1.95. The Hall–Kier alpha value is -0.550. The molecule has 2 heteroatoms. The molecule has 2 nitrogen and oxygen atoms in total. The fraction of sp³-hybridized carbons (Fsp3) is 0.889. The molecular weight excluding hydrogens is 136 g/mol. The second-order valence-electron chi connectivity index (χ2n) is 3.35. The van der Waals surface area contributed by atoms with Crippen LogP contribution in [0.15, 0.2) is 0 Å². The van der Waals surface area contributed by atoms with Crippen LogP contribution in [0.5, 0.6) is 0 Å². The normalized spacial score (nSPS) is 16.0. The van der Waals surface area contributed by atoms with E-state index in [2.05, 4.69) is 13.0 Å². The van der Waals surface area contributed by atoms with E-state index in [1.807, 2.05) is 13.8 Å². The van der Waals surface area contributed by atoms with Crippen molar-refractivity contribution in [1.29, 1.82) is 5.26 Å². The van der Waals surface area contributed by atoms with Crippen LogP contribution in [0.3, 0.4) is 0 Å². The van der Waals surface area contributed by atoms with Gasteiger partial charge in [0, 0.05) is 6.04 Å². The van der Waals surface area contributed by atoms with E-state index >= 15 is 0 Å². The van der Waals surface area contributed by atoms with E-state index in [1.165, 1.54) is 0 Å². The maximum atomic E-state index is 8.76. The molecule has 0 saturated carbocycles. The summed E-state index contributed by atoms with van der Waals surface area (Å²) in [5, 5.41) is 8.76. The average molecular weight is 154 g/mol. The molecule has 0 rings (SSSR count). The van der Waals surface area contributed by atoms with Gasteiger partial charge in [-0.15, -0.1) is 0 Å². The molecule has 2 atom stereocenters. The summed E-state index contributed by atoms with van der Waals surface area (Å²) < 4.78 is 0. The molecular formula is C9H18N2. The lowest BCUT2D eigenvalue weighted by molar-refractivity contribution is 0.377. The van der Waals surface area contributed by atoms with Crippen LogP contribution in [0, 0.1) is 23.2 Å². The van der Waals surface area contributed by atoms with Gasteiger partial charge < -0.3 is 5.73 Å². The molecule has 0 fully saturated rings. The third kappa shape index (κ3) is 3.38. The summed E-state index contributed by atoms with van der Waals surface area (Å²) in [5.41, 5.74) is 5.82. The molecule has 0 radical (unpaired) electrons. The number of nitriles is 1. The maximum absolute atomic E-state index is 8.76. The zero-order chi connectivity index (χ0) is 8.85. The summed E-state index contributed by atoms with van der Waals surface area (Å²) in [7, 11) is 0. The Kier molecular flexibility index (Phi) is 4.89. The van der Waals surface area contributed by atoms with Gasteiger partial charge >= 0.3 is 0 Å². The first kappa shape index (κ1) is 10.4. The van der Waals surface area contributed by atoms with E-state index in [0.717, 1.165) is 12.8 Å². The van der Waals surface area contributed by atoms with E-state index < -0.39 is 0 Å². The Labute approximate surface area is 69.4 Å². The molecule has 0 aromatic carbocycles. The van der Waals surface area contributed by atoms with Crippen molar-refractivity contribution in [3.63, 3.8) is 0 Å². The monoisotopic (exact) mass is 154 g/mol. The van der Waals surface area contributed by atoms with Crippen LogP contribution in [0.2, 0.25) is 0 Å². The van der Waals surface area contributed by atoms with Crippen molar-refractivity contribution in [2.24, 2.45) is 17.6 Å². The summed E-state index contributed by atoms with van der Waals surface area (Å²) in [6.07, 6.45) is 2.02. The lowest BCUT2D eigenvalue weighted by atomic mass is 9.88. The van der Waals surface area contributed by atoms with Crippen molar-refractivity contribution in [3.05, 3.63) is 0 Å². The Morgan fingerprint density at radius 1 is 1.45 bits per heavy atom. The minimum atomic E-state index is 0.0231. The smallest absolute Gasteiger partial charge is 0.0674 e. The predicted octanol–water partition coefficient (Wildman–Crippen LogP) is 1.91.